The highest BCUT2D eigenvalue weighted by Gasteiger charge is 2.26. The molecule has 4 N–H and O–H groups in total. The van der Waals surface area contributed by atoms with Gasteiger partial charge in [-0.15, -0.1) is 11.3 Å². The van der Waals surface area contributed by atoms with E-state index in [1.807, 2.05) is 31.6 Å². The van der Waals surface area contributed by atoms with Gasteiger partial charge in [-0.25, -0.2) is 9.98 Å². The lowest BCUT2D eigenvalue weighted by molar-refractivity contribution is -0.116. The fourth-order valence-corrected chi connectivity index (χ4v) is 4.66. The maximum Gasteiger partial charge on any atom is 0.269 e. The summed E-state index contributed by atoms with van der Waals surface area (Å²) in [4.78, 5) is 36.2. The minimum Gasteiger partial charge on any atom is -0.367 e. The molecule has 3 aromatic heterocycles. The van der Waals surface area contributed by atoms with Crippen LogP contribution in [0.15, 0.2) is 28.7 Å². The van der Waals surface area contributed by atoms with E-state index < -0.39 is 12.3 Å². The van der Waals surface area contributed by atoms with Gasteiger partial charge in [-0.3, -0.25) is 9.59 Å². The Hall–Kier alpha value is -3.35. The molecule has 0 saturated heterocycles. The van der Waals surface area contributed by atoms with E-state index in [2.05, 4.69) is 30.9 Å². The van der Waals surface area contributed by atoms with Crippen molar-refractivity contribution in [3.8, 4) is 11.3 Å². The molecule has 4 heterocycles. The highest BCUT2D eigenvalue weighted by molar-refractivity contribution is 7.12. The quantitative estimate of drug-likeness (QED) is 0.309. The minimum absolute atomic E-state index is 0.0914. The summed E-state index contributed by atoms with van der Waals surface area (Å²) in [5, 5.41) is 24.8. The summed E-state index contributed by atoms with van der Waals surface area (Å²) in [5.74, 6) is 0.312. The molecule has 35 heavy (non-hydrogen) atoms. The number of aliphatic hydroxyl groups is 1. The van der Waals surface area contributed by atoms with E-state index in [1.165, 1.54) is 11.3 Å². The third-order valence-corrected chi connectivity index (χ3v) is 6.75. The third kappa shape index (κ3) is 5.34. The topological polar surface area (TPSA) is 136 Å². The fourth-order valence-electron chi connectivity index (χ4n) is 3.84. The lowest BCUT2D eigenvalue weighted by Crippen LogP contribution is -2.29. The second kappa shape index (κ2) is 9.72. The number of hydrogen-bond donors (Lipinski definition) is 4. The summed E-state index contributed by atoms with van der Waals surface area (Å²) in [6, 6.07) is 4.19. The molecule has 5 rings (SSSR count). The Kier molecular flexibility index (Phi) is 6.50. The van der Waals surface area contributed by atoms with Gasteiger partial charge in [0.05, 0.1) is 16.8 Å². The van der Waals surface area contributed by atoms with Crippen LogP contribution in [0.1, 0.15) is 34.5 Å². The summed E-state index contributed by atoms with van der Waals surface area (Å²) in [6.07, 6.45) is 3.74. The summed E-state index contributed by atoms with van der Waals surface area (Å²) in [6.45, 7) is 1.53. The van der Waals surface area contributed by atoms with Crippen LogP contribution >= 0.6 is 11.3 Å². The predicted octanol–water partition coefficient (Wildman–Crippen LogP) is 1.10. The largest absolute Gasteiger partial charge is 0.367 e. The third-order valence-electron chi connectivity index (χ3n) is 5.82. The van der Waals surface area contributed by atoms with E-state index in [0.29, 0.717) is 28.8 Å². The number of aliphatic imine (C=N–C) groups is 1. The lowest BCUT2D eigenvalue weighted by atomic mass is 10.1. The minimum atomic E-state index is -1.21. The van der Waals surface area contributed by atoms with Crippen LogP contribution in [0, 0.1) is 0 Å². The van der Waals surface area contributed by atoms with Crippen LogP contribution in [0.4, 0.5) is 5.82 Å². The van der Waals surface area contributed by atoms with Crippen LogP contribution in [-0.2, 0) is 11.2 Å². The standard InChI is InChI=1S/C23H28N8O3S/c1-30(2)7-3-6-24-22(33)18-9-14(12-35-18)16-10-19(26-15-4-5-15)31-20(27-16)13(11-25-31)8-17-21(32)29-23(34)28-17/h9-12,15,23,26,34H,3-8H2,1-2H3,(H,24,33)(H,29,32). The smallest absolute Gasteiger partial charge is 0.269 e. The van der Waals surface area contributed by atoms with Gasteiger partial charge in [0.2, 0.25) is 6.35 Å². The van der Waals surface area contributed by atoms with E-state index >= 15 is 0 Å². The average Bonchev–Trinajstić information content (AvgIpc) is 3.19. The second-order valence-corrected chi connectivity index (χ2v) is 9.97. The van der Waals surface area contributed by atoms with Crippen LogP contribution < -0.4 is 16.0 Å². The summed E-state index contributed by atoms with van der Waals surface area (Å²) in [5.41, 5.74) is 3.11. The highest BCUT2D eigenvalue weighted by atomic mass is 32.1. The number of fused-ring (bicyclic) bond motifs is 1. The van der Waals surface area contributed by atoms with Gasteiger partial charge >= 0.3 is 0 Å². The SMILES string of the molecule is CN(C)CCCNC(=O)c1cc(-c2cc(NC3CC3)n3ncc(CC4=NC(O)NC4=O)c3n2)cs1. The first-order valence-electron chi connectivity index (χ1n) is 11.6. The predicted molar refractivity (Wildman–Crippen MR) is 134 cm³/mol. The van der Waals surface area contributed by atoms with Gasteiger partial charge in [-0.1, -0.05) is 0 Å². The number of thiophene rings is 1. The van der Waals surface area contributed by atoms with Crippen molar-refractivity contribution in [3.63, 3.8) is 0 Å². The zero-order chi connectivity index (χ0) is 24.5. The van der Waals surface area contributed by atoms with Gasteiger partial charge < -0.3 is 26.0 Å². The number of aromatic nitrogens is 3. The van der Waals surface area contributed by atoms with Gasteiger partial charge in [-0.05, 0) is 46.0 Å². The first-order chi connectivity index (χ1) is 16.9. The molecule has 0 aromatic carbocycles. The molecule has 1 saturated carbocycles. The number of rotatable bonds is 10. The average molecular weight is 497 g/mol. The van der Waals surface area contributed by atoms with Crippen LogP contribution in [0.2, 0.25) is 0 Å². The zero-order valence-electron chi connectivity index (χ0n) is 19.6. The maximum absolute atomic E-state index is 12.6. The number of amides is 2. The van der Waals surface area contributed by atoms with Crippen molar-refractivity contribution in [2.24, 2.45) is 4.99 Å². The summed E-state index contributed by atoms with van der Waals surface area (Å²) >= 11 is 1.38. The molecule has 1 aliphatic heterocycles. The van der Waals surface area contributed by atoms with Crippen LogP contribution in [-0.4, -0.2) is 81.7 Å². The number of hydrogen-bond acceptors (Lipinski definition) is 9. The van der Waals surface area contributed by atoms with Gasteiger partial charge in [-0.2, -0.15) is 9.61 Å². The zero-order valence-corrected chi connectivity index (χ0v) is 20.4. The number of carbonyl (C=O) groups excluding carboxylic acids is 2. The maximum atomic E-state index is 12.6. The van der Waals surface area contributed by atoms with Crippen LogP contribution in [0.5, 0.6) is 0 Å². The normalized spacial score (nSPS) is 17.7. The Morgan fingerprint density at radius 3 is 2.89 bits per heavy atom. The van der Waals surface area contributed by atoms with Crippen molar-refractivity contribution in [2.45, 2.75) is 38.1 Å². The lowest BCUT2D eigenvalue weighted by Gasteiger charge is -2.10. The molecule has 2 aliphatic rings. The van der Waals surface area contributed by atoms with E-state index in [0.717, 1.165) is 42.8 Å². The molecule has 1 fully saturated rings. The van der Waals surface area contributed by atoms with Crippen molar-refractivity contribution in [1.82, 2.24) is 30.1 Å². The van der Waals surface area contributed by atoms with Crippen molar-refractivity contribution < 1.29 is 14.7 Å². The Bertz CT molecular complexity index is 1290. The van der Waals surface area contributed by atoms with Gasteiger partial charge in [0, 0.05) is 41.6 Å². The van der Waals surface area contributed by atoms with E-state index in [-0.39, 0.29) is 18.0 Å². The molecule has 1 unspecified atom stereocenters. The van der Waals surface area contributed by atoms with Gasteiger partial charge in [0.15, 0.2) is 5.65 Å². The molecule has 0 spiro atoms. The monoisotopic (exact) mass is 496 g/mol. The number of nitrogens with zero attached hydrogens (tertiary/aromatic N) is 5. The number of aliphatic hydroxyl groups excluding tert-OH is 1. The molecule has 1 aliphatic carbocycles. The first-order valence-corrected chi connectivity index (χ1v) is 12.5. The van der Waals surface area contributed by atoms with Gasteiger partial charge in [0.1, 0.15) is 11.5 Å². The molecule has 184 valence electrons. The van der Waals surface area contributed by atoms with E-state index in [4.69, 9.17) is 4.98 Å². The molecule has 11 nitrogen and oxygen atoms in total. The molecule has 1 atom stereocenters. The molecule has 3 aromatic rings. The van der Waals surface area contributed by atoms with Gasteiger partial charge in [0.25, 0.3) is 11.8 Å². The molecule has 12 heteroatoms. The van der Waals surface area contributed by atoms with Crippen molar-refractivity contribution in [1.29, 1.82) is 0 Å². The fraction of sp³-hybridized carbons (Fsp3) is 0.435. The number of nitrogens with one attached hydrogen (secondary N) is 3. The molecule has 0 radical (unpaired) electrons. The van der Waals surface area contributed by atoms with E-state index in [9.17, 15) is 14.7 Å². The Labute approximate surface area is 206 Å². The number of carbonyl (C=O) groups is 2. The van der Waals surface area contributed by atoms with E-state index in [1.54, 1.807) is 10.7 Å². The molecule has 0 bridgehead atoms. The Morgan fingerprint density at radius 1 is 1.34 bits per heavy atom. The highest BCUT2D eigenvalue weighted by Crippen LogP contribution is 2.31. The Morgan fingerprint density at radius 2 is 2.17 bits per heavy atom. The van der Waals surface area contributed by atoms with Crippen LogP contribution in [0.25, 0.3) is 16.9 Å². The Balaban J connectivity index is 1.41. The van der Waals surface area contributed by atoms with Crippen molar-refractivity contribution in [2.75, 3.05) is 32.5 Å². The second-order valence-electron chi connectivity index (χ2n) is 9.06. The summed E-state index contributed by atoms with van der Waals surface area (Å²) < 4.78 is 1.73. The molecular weight excluding hydrogens is 468 g/mol. The van der Waals surface area contributed by atoms with Crippen LogP contribution in [0.3, 0.4) is 0 Å². The summed E-state index contributed by atoms with van der Waals surface area (Å²) in [7, 11) is 4.02. The first kappa shape index (κ1) is 23.4. The molecular formula is C23H28N8O3S. The van der Waals surface area contributed by atoms with Crippen molar-refractivity contribution in [3.05, 3.63) is 34.2 Å². The number of anilines is 1. The van der Waals surface area contributed by atoms with Crippen molar-refractivity contribution >= 4 is 40.3 Å². The molecule has 2 amide bonds.